The third-order valence-corrected chi connectivity index (χ3v) is 9.99. The Balaban J connectivity index is 0.00000280. The van der Waals surface area contributed by atoms with Crippen molar-refractivity contribution in [2.24, 2.45) is 0 Å². The van der Waals surface area contributed by atoms with Gasteiger partial charge in [0.1, 0.15) is 0 Å². The molecule has 0 aliphatic heterocycles. The summed E-state index contributed by atoms with van der Waals surface area (Å²) in [4.78, 5) is 14.8. The van der Waals surface area contributed by atoms with Crippen molar-refractivity contribution in [3.05, 3.63) is 37.5 Å². The van der Waals surface area contributed by atoms with Crippen LogP contribution < -0.4 is 10.9 Å². The van der Waals surface area contributed by atoms with Gasteiger partial charge < -0.3 is 0 Å². The van der Waals surface area contributed by atoms with Gasteiger partial charge in [-0.25, -0.2) is 0 Å². The van der Waals surface area contributed by atoms with Crippen LogP contribution in [0.1, 0.15) is 18.3 Å². The molecule has 0 saturated heterocycles. The second kappa shape index (κ2) is 9.59. The molecule has 0 saturated carbocycles. The SMILES string of the molecule is CCOP(=O)(OCC)c1cc2ccc3c(Br)c(CN(C)C)[se]c3c2oc1=O.Cl. The molecule has 6 nitrogen and oxygen atoms in total. The monoisotopic (exact) mass is 557 g/mol. The van der Waals surface area contributed by atoms with Crippen LogP contribution in [-0.4, -0.2) is 46.7 Å². The fraction of sp³-hybridized carbons (Fsp3) is 0.389. The predicted molar refractivity (Wildman–Crippen MR) is 120 cm³/mol. The molecule has 0 fully saturated rings. The Hall–Kier alpha value is -0.431. The average Bonchev–Trinajstić information content (AvgIpc) is 2.90. The van der Waals surface area contributed by atoms with Gasteiger partial charge in [-0.3, -0.25) is 0 Å². The standard InChI is InChI=1S/C18H21BrNO5PSe.ClH/c1-5-23-26(22,24-6-2)13-9-11-7-8-12-15(19)14(10-20(3)4)27-17(12)16(11)25-18(13)21;/h7-9H,5-6,10H2,1-4H3;1H. The molecule has 0 N–H and O–H groups in total. The summed E-state index contributed by atoms with van der Waals surface area (Å²) in [6, 6.07) is 5.46. The predicted octanol–water partition coefficient (Wildman–Crippen LogP) is 4.14. The van der Waals surface area contributed by atoms with Crippen molar-refractivity contribution in [1.29, 1.82) is 0 Å². The summed E-state index contributed by atoms with van der Waals surface area (Å²) in [6.45, 7) is 4.60. The minimum atomic E-state index is -3.70. The van der Waals surface area contributed by atoms with E-state index >= 15 is 0 Å². The van der Waals surface area contributed by atoms with E-state index in [2.05, 4.69) is 20.8 Å². The maximum atomic E-state index is 13.0. The maximum absolute atomic E-state index is 13.0. The summed E-state index contributed by atoms with van der Waals surface area (Å²) in [5.41, 5.74) is -0.124. The fourth-order valence-corrected chi connectivity index (χ4v) is 8.34. The van der Waals surface area contributed by atoms with Gasteiger partial charge in [0, 0.05) is 0 Å². The van der Waals surface area contributed by atoms with E-state index < -0.39 is 13.2 Å². The van der Waals surface area contributed by atoms with Crippen molar-refractivity contribution >= 4 is 76.4 Å². The van der Waals surface area contributed by atoms with E-state index in [1.807, 2.05) is 26.2 Å². The van der Waals surface area contributed by atoms with Crippen LogP contribution in [0.25, 0.3) is 20.6 Å². The van der Waals surface area contributed by atoms with E-state index in [0.29, 0.717) is 5.58 Å². The van der Waals surface area contributed by atoms with Crippen molar-refractivity contribution in [2.75, 3.05) is 27.3 Å². The molecule has 0 atom stereocenters. The van der Waals surface area contributed by atoms with Crippen LogP contribution in [0.15, 0.2) is 31.9 Å². The van der Waals surface area contributed by atoms with Crippen molar-refractivity contribution in [2.45, 2.75) is 20.4 Å². The van der Waals surface area contributed by atoms with Gasteiger partial charge in [0.15, 0.2) is 0 Å². The van der Waals surface area contributed by atoms with Crippen molar-refractivity contribution < 1.29 is 18.0 Å². The largest absolute Gasteiger partial charge is 0.147 e. The molecule has 1 aromatic carbocycles. The number of hydrogen-bond acceptors (Lipinski definition) is 6. The Morgan fingerprint density at radius 3 is 2.43 bits per heavy atom. The molecule has 0 unspecified atom stereocenters. The van der Waals surface area contributed by atoms with Crippen LogP contribution in [0.5, 0.6) is 0 Å². The minimum Gasteiger partial charge on any atom is -0.147 e. The zero-order chi connectivity index (χ0) is 19.8. The van der Waals surface area contributed by atoms with Gasteiger partial charge in [-0.2, -0.15) is 0 Å². The summed E-state index contributed by atoms with van der Waals surface area (Å²) >= 11 is 3.73. The summed E-state index contributed by atoms with van der Waals surface area (Å²) < 4.78 is 32.7. The second-order valence-corrected chi connectivity index (χ2v) is 11.3. The van der Waals surface area contributed by atoms with E-state index in [0.717, 1.165) is 26.1 Å². The third kappa shape index (κ3) is 4.50. The molecule has 2 aromatic heterocycles. The van der Waals surface area contributed by atoms with Crippen LogP contribution in [0.2, 0.25) is 0 Å². The minimum absolute atomic E-state index is 0. The van der Waals surface area contributed by atoms with Crippen LogP contribution in [0.3, 0.4) is 0 Å². The van der Waals surface area contributed by atoms with Crippen molar-refractivity contribution in [3.63, 3.8) is 0 Å². The number of halogens is 2. The Bertz CT molecular complexity index is 1090. The Kier molecular flexibility index (Phi) is 8.16. The molecule has 0 amide bonds. The van der Waals surface area contributed by atoms with Crippen LogP contribution in [0, 0.1) is 0 Å². The van der Waals surface area contributed by atoms with Gasteiger partial charge in [0.05, 0.1) is 0 Å². The quantitative estimate of drug-likeness (QED) is 0.247. The fourth-order valence-electron chi connectivity index (χ4n) is 2.84. The van der Waals surface area contributed by atoms with Crippen LogP contribution in [-0.2, 0) is 20.2 Å². The van der Waals surface area contributed by atoms with Gasteiger partial charge in [0.25, 0.3) is 0 Å². The first-order valence-electron chi connectivity index (χ1n) is 8.52. The molecule has 0 aliphatic carbocycles. The topological polar surface area (TPSA) is 69.0 Å². The van der Waals surface area contributed by atoms with E-state index in [4.69, 9.17) is 13.5 Å². The molecule has 0 radical (unpaired) electrons. The maximum Gasteiger partial charge on any atom is -0.147 e. The molecule has 2 heterocycles. The third-order valence-electron chi connectivity index (χ3n) is 3.90. The Labute approximate surface area is 184 Å². The number of rotatable bonds is 7. The molecule has 154 valence electrons. The zero-order valence-corrected chi connectivity index (χ0v) is 21.0. The van der Waals surface area contributed by atoms with Gasteiger partial charge in [-0.1, -0.05) is 0 Å². The number of nitrogens with zero attached hydrogens (tertiary/aromatic N) is 1. The zero-order valence-electron chi connectivity index (χ0n) is 16.0. The molecular formula is C18H22BrClNO5PSe. The average molecular weight is 558 g/mol. The van der Waals surface area contributed by atoms with Crippen molar-refractivity contribution in [3.8, 4) is 0 Å². The molecule has 0 bridgehead atoms. The first-order chi connectivity index (χ1) is 12.8. The molecular weight excluding hydrogens is 535 g/mol. The van der Waals surface area contributed by atoms with E-state index in [1.165, 1.54) is 4.44 Å². The smallest absolute Gasteiger partial charge is 0.147 e. The van der Waals surface area contributed by atoms with E-state index in [1.54, 1.807) is 19.9 Å². The first kappa shape index (κ1) is 23.8. The molecule has 10 heteroatoms. The Morgan fingerprint density at radius 1 is 1.21 bits per heavy atom. The van der Waals surface area contributed by atoms with E-state index in [-0.39, 0.29) is 45.4 Å². The summed E-state index contributed by atoms with van der Waals surface area (Å²) in [5, 5.41) is 1.72. The van der Waals surface area contributed by atoms with E-state index in [9.17, 15) is 9.36 Å². The molecule has 0 spiro atoms. The second-order valence-electron chi connectivity index (χ2n) is 6.19. The van der Waals surface area contributed by atoms with Crippen LogP contribution in [0.4, 0.5) is 0 Å². The van der Waals surface area contributed by atoms with Gasteiger partial charge in [-0.05, 0) is 0 Å². The summed E-state index contributed by atoms with van der Waals surface area (Å²) in [6.07, 6.45) is 0. The number of benzene rings is 1. The van der Waals surface area contributed by atoms with Gasteiger partial charge in [-0.15, -0.1) is 12.4 Å². The number of hydrogen-bond donors (Lipinski definition) is 0. The van der Waals surface area contributed by atoms with Gasteiger partial charge >= 0.3 is 172 Å². The molecule has 3 rings (SSSR count). The Morgan fingerprint density at radius 2 is 1.86 bits per heavy atom. The first-order valence-corrected chi connectivity index (χ1v) is 12.6. The van der Waals surface area contributed by atoms with Crippen LogP contribution >= 0.6 is 35.9 Å². The molecule has 3 aromatic rings. The number of fused-ring (bicyclic) bond motifs is 3. The van der Waals surface area contributed by atoms with Crippen molar-refractivity contribution in [1.82, 2.24) is 4.90 Å². The molecule has 28 heavy (non-hydrogen) atoms. The summed E-state index contributed by atoms with van der Waals surface area (Å²) in [5.74, 6) is 0. The van der Waals surface area contributed by atoms with Gasteiger partial charge in [0.2, 0.25) is 0 Å². The normalized spacial score (nSPS) is 12.1. The summed E-state index contributed by atoms with van der Waals surface area (Å²) in [7, 11) is 0.343. The molecule has 0 aliphatic rings.